The quantitative estimate of drug-likeness (QED) is 0.288. The molecule has 1 amide bonds. The lowest BCUT2D eigenvalue weighted by molar-refractivity contribution is 0.0376. The molecule has 2 aromatic heterocycles. The number of fused-ring (bicyclic) bond motifs is 1. The Bertz CT molecular complexity index is 1410. The first kappa shape index (κ1) is 25.7. The Morgan fingerprint density at radius 1 is 1.19 bits per heavy atom. The van der Waals surface area contributed by atoms with Gasteiger partial charge < -0.3 is 14.0 Å². The first-order chi connectivity index (χ1) is 18.0. The van der Waals surface area contributed by atoms with E-state index in [1.165, 1.54) is 11.3 Å². The third-order valence-electron chi connectivity index (χ3n) is 6.55. The molecule has 0 radical (unpaired) electrons. The SMILES string of the molecule is COc1ccc(C)c2sc(N(CCCN3CCOCC3)C(=O)c3c(-c4ccccc4Cl)noc3C)nc12. The lowest BCUT2D eigenvalue weighted by Gasteiger charge is -2.27. The Kier molecular flexibility index (Phi) is 7.76. The highest BCUT2D eigenvalue weighted by molar-refractivity contribution is 7.22. The van der Waals surface area contributed by atoms with Gasteiger partial charge in [-0.1, -0.05) is 52.4 Å². The summed E-state index contributed by atoms with van der Waals surface area (Å²) in [5, 5.41) is 5.33. The van der Waals surface area contributed by atoms with Gasteiger partial charge in [0, 0.05) is 31.7 Å². The van der Waals surface area contributed by atoms with Gasteiger partial charge in [0.15, 0.2) is 5.13 Å². The molecule has 0 spiro atoms. The van der Waals surface area contributed by atoms with Crippen LogP contribution < -0.4 is 9.64 Å². The van der Waals surface area contributed by atoms with Crippen LogP contribution in [-0.2, 0) is 4.74 Å². The zero-order valence-electron chi connectivity index (χ0n) is 21.1. The van der Waals surface area contributed by atoms with Gasteiger partial charge in [0.2, 0.25) is 0 Å². The minimum atomic E-state index is -0.216. The summed E-state index contributed by atoms with van der Waals surface area (Å²) in [4.78, 5) is 23.2. The minimum absolute atomic E-state index is 0.216. The molecule has 10 heteroatoms. The van der Waals surface area contributed by atoms with Crippen molar-refractivity contribution >= 4 is 44.2 Å². The predicted molar refractivity (Wildman–Crippen MR) is 146 cm³/mol. The Hall–Kier alpha value is -2.98. The molecule has 1 aliphatic rings. The molecule has 1 fully saturated rings. The second kappa shape index (κ2) is 11.2. The number of carbonyl (C=O) groups excluding carboxylic acids is 1. The maximum absolute atomic E-state index is 14.2. The van der Waals surface area contributed by atoms with Gasteiger partial charge in [-0.3, -0.25) is 14.6 Å². The van der Waals surface area contributed by atoms with E-state index < -0.39 is 0 Å². The van der Waals surface area contributed by atoms with E-state index in [1.54, 1.807) is 25.0 Å². The number of halogens is 1. The highest BCUT2D eigenvalue weighted by atomic mass is 35.5. The number of methoxy groups -OCH3 is 1. The number of ether oxygens (including phenoxy) is 2. The van der Waals surface area contributed by atoms with Gasteiger partial charge in [-0.05, 0) is 38.0 Å². The number of aromatic nitrogens is 2. The van der Waals surface area contributed by atoms with Crippen molar-refractivity contribution in [2.45, 2.75) is 20.3 Å². The molecule has 0 unspecified atom stereocenters. The molecule has 4 aromatic rings. The average Bonchev–Trinajstić information content (AvgIpc) is 3.52. The molecule has 0 aliphatic carbocycles. The monoisotopic (exact) mass is 540 g/mol. The van der Waals surface area contributed by atoms with Crippen LogP contribution in [0.4, 0.5) is 5.13 Å². The molecule has 5 rings (SSSR count). The summed E-state index contributed by atoms with van der Waals surface area (Å²) in [7, 11) is 1.63. The molecule has 0 saturated carbocycles. The van der Waals surface area contributed by atoms with Crippen LogP contribution >= 0.6 is 22.9 Å². The number of thiazole rings is 1. The fraction of sp³-hybridized carbons (Fsp3) is 0.370. The van der Waals surface area contributed by atoms with Gasteiger partial charge in [0.25, 0.3) is 5.91 Å². The zero-order valence-corrected chi connectivity index (χ0v) is 22.7. The van der Waals surface area contributed by atoms with Crippen LogP contribution in [0.2, 0.25) is 5.02 Å². The average molecular weight is 541 g/mol. The fourth-order valence-corrected chi connectivity index (χ4v) is 5.84. The normalized spacial score (nSPS) is 14.3. The molecule has 0 N–H and O–H groups in total. The summed E-state index contributed by atoms with van der Waals surface area (Å²) in [6.07, 6.45) is 0.781. The van der Waals surface area contributed by atoms with Crippen LogP contribution in [0.1, 0.15) is 28.1 Å². The maximum Gasteiger partial charge on any atom is 0.265 e. The second-order valence-corrected chi connectivity index (χ2v) is 10.4. The third-order valence-corrected chi connectivity index (χ3v) is 8.10. The number of aryl methyl sites for hydroxylation is 2. The Morgan fingerprint density at radius 2 is 1.97 bits per heavy atom. The van der Waals surface area contributed by atoms with E-state index >= 15 is 0 Å². The predicted octanol–water partition coefficient (Wildman–Crippen LogP) is 5.60. The summed E-state index contributed by atoms with van der Waals surface area (Å²) in [6, 6.07) is 11.2. The molecule has 0 bridgehead atoms. The van der Waals surface area contributed by atoms with Gasteiger partial charge in [-0.2, -0.15) is 0 Å². The number of anilines is 1. The van der Waals surface area contributed by atoms with Crippen LogP contribution in [0.15, 0.2) is 40.9 Å². The van der Waals surface area contributed by atoms with Crippen molar-refractivity contribution < 1.29 is 18.8 Å². The molecular weight excluding hydrogens is 512 g/mol. The molecule has 8 nitrogen and oxygen atoms in total. The smallest absolute Gasteiger partial charge is 0.265 e. The largest absolute Gasteiger partial charge is 0.494 e. The van der Waals surface area contributed by atoms with E-state index in [9.17, 15) is 4.79 Å². The fourth-order valence-electron chi connectivity index (χ4n) is 4.54. The summed E-state index contributed by atoms with van der Waals surface area (Å²) in [5.41, 5.74) is 3.31. The van der Waals surface area contributed by atoms with Crippen molar-refractivity contribution in [1.29, 1.82) is 0 Å². The summed E-state index contributed by atoms with van der Waals surface area (Å²) >= 11 is 7.96. The molecule has 0 atom stereocenters. The Labute approximate surface area is 224 Å². The number of carbonyl (C=O) groups is 1. The van der Waals surface area contributed by atoms with Gasteiger partial charge in [0.05, 0.1) is 30.0 Å². The summed E-state index contributed by atoms with van der Waals surface area (Å²) in [5.74, 6) is 0.904. The lowest BCUT2D eigenvalue weighted by Crippen LogP contribution is -2.39. The number of rotatable bonds is 8. The number of hydrogen-bond donors (Lipinski definition) is 0. The Morgan fingerprint density at radius 3 is 2.73 bits per heavy atom. The zero-order chi connectivity index (χ0) is 25.9. The van der Waals surface area contributed by atoms with Gasteiger partial charge in [-0.15, -0.1) is 0 Å². The highest BCUT2D eigenvalue weighted by Gasteiger charge is 2.30. The van der Waals surface area contributed by atoms with E-state index in [0.29, 0.717) is 45.0 Å². The van der Waals surface area contributed by atoms with E-state index in [1.807, 2.05) is 37.3 Å². The van der Waals surface area contributed by atoms with E-state index in [2.05, 4.69) is 10.1 Å². The van der Waals surface area contributed by atoms with Crippen LogP contribution in [0.25, 0.3) is 21.5 Å². The lowest BCUT2D eigenvalue weighted by atomic mass is 10.0. The molecular formula is C27H29ClN4O4S. The van der Waals surface area contributed by atoms with Crippen LogP contribution in [0.3, 0.4) is 0 Å². The number of benzene rings is 2. The first-order valence-corrected chi connectivity index (χ1v) is 13.4. The number of hydrogen-bond acceptors (Lipinski definition) is 8. The molecule has 194 valence electrons. The second-order valence-electron chi connectivity index (χ2n) is 8.97. The summed E-state index contributed by atoms with van der Waals surface area (Å²) < 4.78 is 17.5. The van der Waals surface area contributed by atoms with Crippen LogP contribution in [-0.4, -0.2) is 67.5 Å². The number of amides is 1. The topological polar surface area (TPSA) is 80.9 Å². The van der Waals surface area contributed by atoms with E-state index in [4.69, 9.17) is 30.6 Å². The maximum atomic E-state index is 14.2. The summed E-state index contributed by atoms with van der Waals surface area (Å²) in [6.45, 7) is 8.40. The first-order valence-electron chi connectivity index (χ1n) is 12.2. The van der Waals surface area contributed by atoms with Crippen LogP contribution in [0, 0.1) is 13.8 Å². The van der Waals surface area contributed by atoms with Gasteiger partial charge in [0.1, 0.15) is 28.3 Å². The van der Waals surface area contributed by atoms with E-state index in [0.717, 1.165) is 55.0 Å². The standard InChI is InChI=1S/C27H29ClN4O4S/c1-17-9-10-21(34-3)24-25(17)37-27(29-24)32(12-6-11-31-13-15-35-16-14-31)26(33)22-18(2)36-30-23(22)19-7-4-5-8-20(19)28/h4-5,7-10H,6,11-16H2,1-3H3. The number of morpholine rings is 1. The van der Waals surface area contributed by atoms with Gasteiger partial charge >= 0.3 is 0 Å². The van der Waals surface area contributed by atoms with Crippen molar-refractivity contribution in [3.8, 4) is 17.0 Å². The van der Waals surface area contributed by atoms with Crippen molar-refractivity contribution in [2.24, 2.45) is 0 Å². The highest BCUT2D eigenvalue weighted by Crippen LogP contribution is 2.38. The molecule has 1 aliphatic heterocycles. The van der Waals surface area contributed by atoms with Crippen molar-refractivity contribution in [3.05, 3.63) is 58.3 Å². The molecule has 2 aromatic carbocycles. The minimum Gasteiger partial charge on any atom is -0.494 e. The number of nitrogens with zero attached hydrogens (tertiary/aromatic N) is 4. The van der Waals surface area contributed by atoms with Gasteiger partial charge in [-0.25, -0.2) is 4.98 Å². The van der Waals surface area contributed by atoms with Crippen molar-refractivity contribution in [2.75, 3.05) is 51.4 Å². The molecule has 1 saturated heterocycles. The molecule has 37 heavy (non-hydrogen) atoms. The Balaban J connectivity index is 1.53. The van der Waals surface area contributed by atoms with Crippen LogP contribution in [0.5, 0.6) is 5.75 Å². The molecule has 3 heterocycles. The van der Waals surface area contributed by atoms with Crippen molar-refractivity contribution in [1.82, 2.24) is 15.0 Å². The van der Waals surface area contributed by atoms with E-state index in [-0.39, 0.29) is 5.91 Å². The van der Waals surface area contributed by atoms with Crippen molar-refractivity contribution in [3.63, 3.8) is 0 Å². The third kappa shape index (κ3) is 5.22.